The van der Waals surface area contributed by atoms with E-state index in [1.807, 2.05) is 0 Å². The molecule has 0 spiro atoms. The minimum Gasteiger partial charge on any atom is -0.386 e. The van der Waals surface area contributed by atoms with Gasteiger partial charge >= 0.3 is 0 Å². The van der Waals surface area contributed by atoms with Gasteiger partial charge in [0.05, 0.1) is 18.9 Å². The third kappa shape index (κ3) is 3.83. The van der Waals surface area contributed by atoms with Crippen molar-refractivity contribution in [2.45, 2.75) is 101 Å². The highest BCUT2D eigenvalue weighted by Gasteiger charge is 2.57. The van der Waals surface area contributed by atoms with Crippen LogP contribution in [0.5, 0.6) is 0 Å². The van der Waals surface area contributed by atoms with Crippen LogP contribution in [0.2, 0.25) is 0 Å². The second-order valence-corrected chi connectivity index (χ2v) is 10.4. The van der Waals surface area contributed by atoms with E-state index in [9.17, 15) is 10.2 Å². The number of ether oxygens (including phenoxy) is 2. The number of nitrogens with one attached hydrogen (secondary N) is 3. The maximum absolute atomic E-state index is 11.1. The van der Waals surface area contributed by atoms with E-state index in [0.29, 0.717) is 24.6 Å². The summed E-state index contributed by atoms with van der Waals surface area (Å²) in [6.45, 7) is 6.96. The van der Waals surface area contributed by atoms with Gasteiger partial charge in [0.1, 0.15) is 24.0 Å². The molecule has 0 aromatic carbocycles. The summed E-state index contributed by atoms with van der Waals surface area (Å²) in [5, 5.41) is 32.7. The molecule has 5 rings (SSSR count). The highest BCUT2D eigenvalue weighted by molar-refractivity contribution is 5.04. The Morgan fingerprint density at radius 1 is 1.17 bits per heavy atom. The topological polar surface area (TPSA) is 98.3 Å². The SMILES string of the molecule is CC1NCNC2C1CCN2[C@@H]1O[C@H](COC2CCC3CCCNC3C2)[C@@](C)(O)[C@H]1O. The Kier molecular flexibility index (Phi) is 6.14. The van der Waals surface area contributed by atoms with Gasteiger partial charge in [0, 0.05) is 31.2 Å². The van der Waals surface area contributed by atoms with Crippen LogP contribution in [0.4, 0.5) is 0 Å². The number of rotatable bonds is 4. The standard InChI is InChI=1S/C22H40N4O4/c1-13-16-7-9-26(20(16)25-12-24-13)21-19(27)22(2,28)18(30-21)11-29-15-6-5-14-4-3-8-23-17(14)10-15/h13-21,23-25,27-28H,3-12H2,1-2H3/t13?,14?,15?,16?,17?,18-,19+,20?,21-,22-/m1/s1. The molecule has 10 atom stereocenters. The number of hydrogen-bond donors (Lipinski definition) is 5. The number of piperidine rings is 1. The molecule has 8 heteroatoms. The van der Waals surface area contributed by atoms with Crippen LogP contribution in [-0.2, 0) is 9.47 Å². The Morgan fingerprint density at radius 2 is 2.03 bits per heavy atom. The van der Waals surface area contributed by atoms with Crippen LogP contribution in [0.1, 0.15) is 52.4 Å². The molecule has 4 saturated heterocycles. The maximum Gasteiger partial charge on any atom is 0.141 e. The van der Waals surface area contributed by atoms with E-state index in [1.165, 1.54) is 19.3 Å². The fourth-order valence-electron chi connectivity index (χ4n) is 6.54. The van der Waals surface area contributed by atoms with Crippen molar-refractivity contribution in [3.63, 3.8) is 0 Å². The lowest BCUT2D eigenvalue weighted by Gasteiger charge is -2.40. The predicted molar refractivity (Wildman–Crippen MR) is 113 cm³/mol. The molecule has 5 N–H and O–H groups in total. The molecule has 5 aliphatic rings. The number of aliphatic hydroxyl groups is 2. The Hall–Kier alpha value is -0.320. The molecule has 5 fully saturated rings. The monoisotopic (exact) mass is 424 g/mol. The lowest BCUT2D eigenvalue weighted by Crippen LogP contribution is -2.62. The molecule has 0 amide bonds. The van der Waals surface area contributed by atoms with E-state index in [1.54, 1.807) is 6.92 Å². The molecular formula is C22H40N4O4. The summed E-state index contributed by atoms with van der Waals surface area (Å²) in [5.74, 6) is 1.27. The number of fused-ring (bicyclic) bond motifs is 2. The smallest absolute Gasteiger partial charge is 0.141 e. The fraction of sp³-hybridized carbons (Fsp3) is 1.00. The number of aliphatic hydroxyl groups excluding tert-OH is 1. The Morgan fingerprint density at radius 3 is 2.90 bits per heavy atom. The van der Waals surface area contributed by atoms with Crippen molar-refractivity contribution >= 4 is 0 Å². The third-order valence-corrected chi connectivity index (χ3v) is 8.60. The van der Waals surface area contributed by atoms with Crippen LogP contribution in [-0.4, -0.2) is 89.9 Å². The fourth-order valence-corrected chi connectivity index (χ4v) is 6.54. The average molecular weight is 425 g/mol. The summed E-state index contributed by atoms with van der Waals surface area (Å²) in [6, 6.07) is 0.998. The molecule has 4 heterocycles. The normalized spacial score (nSPS) is 52.2. The van der Waals surface area contributed by atoms with E-state index < -0.39 is 24.0 Å². The van der Waals surface area contributed by atoms with E-state index in [0.717, 1.165) is 44.9 Å². The Balaban J connectivity index is 1.19. The average Bonchev–Trinajstić information content (AvgIpc) is 3.27. The lowest BCUT2D eigenvalue weighted by molar-refractivity contribution is -0.130. The van der Waals surface area contributed by atoms with E-state index in [4.69, 9.17) is 9.47 Å². The molecule has 8 nitrogen and oxygen atoms in total. The zero-order valence-corrected chi connectivity index (χ0v) is 18.4. The molecule has 6 unspecified atom stereocenters. The first-order valence-corrected chi connectivity index (χ1v) is 12.1. The molecular weight excluding hydrogens is 384 g/mol. The van der Waals surface area contributed by atoms with Crippen LogP contribution in [0.25, 0.3) is 0 Å². The molecule has 1 saturated carbocycles. The van der Waals surface area contributed by atoms with Crippen LogP contribution in [0, 0.1) is 11.8 Å². The molecule has 30 heavy (non-hydrogen) atoms. The summed E-state index contributed by atoms with van der Waals surface area (Å²) in [6.07, 6.45) is 5.40. The second-order valence-electron chi connectivity index (χ2n) is 10.4. The lowest BCUT2D eigenvalue weighted by atomic mass is 9.78. The van der Waals surface area contributed by atoms with Crippen LogP contribution >= 0.6 is 0 Å². The first-order valence-electron chi connectivity index (χ1n) is 12.1. The molecule has 4 aliphatic heterocycles. The molecule has 1 aliphatic carbocycles. The Bertz CT molecular complexity index is 608. The minimum atomic E-state index is -1.32. The zero-order chi connectivity index (χ0) is 20.9. The van der Waals surface area contributed by atoms with Gasteiger partial charge in [0.2, 0.25) is 0 Å². The van der Waals surface area contributed by atoms with Gasteiger partial charge in [-0.1, -0.05) is 0 Å². The first-order chi connectivity index (χ1) is 14.4. The summed E-state index contributed by atoms with van der Waals surface area (Å²) in [7, 11) is 0. The maximum atomic E-state index is 11.1. The summed E-state index contributed by atoms with van der Waals surface area (Å²) in [4.78, 5) is 2.21. The molecule has 172 valence electrons. The van der Waals surface area contributed by atoms with Crippen molar-refractivity contribution in [2.75, 3.05) is 26.4 Å². The molecule has 0 aromatic heterocycles. The molecule has 0 radical (unpaired) electrons. The van der Waals surface area contributed by atoms with E-state index >= 15 is 0 Å². The largest absolute Gasteiger partial charge is 0.386 e. The van der Waals surface area contributed by atoms with Gasteiger partial charge in [-0.05, 0) is 64.8 Å². The summed E-state index contributed by atoms with van der Waals surface area (Å²) >= 11 is 0. The molecule has 0 bridgehead atoms. The molecule has 0 aromatic rings. The van der Waals surface area contributed by atoms with Gasteiger partial charge < -0.3 is 30.3 Å². The van der Waals surface area contributed by atoms with Crippen LogP contribution in [0.3, 0.4) is 0 Å². The van der Waals surface area contributed by atoms with Crippen molar-refractivity contribution in [2.24, 2.45) is 11.8 Å². The number of likely N-dealkylation sites (tertiary alicyclic amines) is 1. The second kappa shape index (κ2) is 8.56. The van der Waals surface area contributed by atoms with Crippen LogP contribution in [0.15, 0.2) is 0 Å². The number of nitrogens with zero attached hydrogens (tertiary/aromatic N) is 1. The third-order valence-electron chi connectivity index (χ3n) is 8.60. The summed E-state index contributed by atoms with van der Waals surface area (Å²) < 4.78 is 12.5. The number of hydrogen-bond acceptors (Lipinski definition) is 8. The quantitative estimate of drug-likeness (QED) is 0.429. The van der Waals surface area contributed by atoms with Gasteiger partial charge in [-0.15, -0.1) is 0 Å². The van der Waals surface area contributed by atoms with Gasteiger partial charge in [0.15, 0.2) is 0 Å². The summed E-state index contributed by atoms with van der Waals surface area (Å²) in [5.41, 5.74) is -1.32. The van der Waals surface area contributed by atoms with E-state index in [2.05, 4.69) is 27.8 Å². The van der Waals surface area contributed by atoms with Gasteiger partial charge in [0.25, 0.3) is 0 Å². The zero-order valence-electron chi connectivity index (χ0n) is 18.4. The van der Waals surface area contributed by atoms with Crippen molar-refractivity contribution in [1.29, 1.82) is 0 Å². The van der Waals surface area contributed by atoms with Crippen molar-refractivity contribution in [1.82, 2.24) is 20.9 Å². The first kappa shape index (κ1) is 21.5. The van der Waals surface area contributed by atoms with E-state index in [-0.39, 0.29) is 12.3 Å². The van der Waals surface area contributed by atoms with Crippen molar-refractivity contribution in [3.05, 3.63) is 0 Å². The highest BCUT2D eigenvalue weighted by Crippen LogP contribution is 2.39. The van der Waals surface area contributed by atoms with Crippen molar-refractivity contribution < 1.29 is 19.7 Å². The van der Waals surface area contributed by atoms with Gasteiger partial charge in [-0.2, -0.15) is 0 Å². The van der Waals surface area contributed by atoms with Crippen LogP contribution < -0.4 is 16.0 Å². The van der Waals surface area contributed by atoms with Gasteiger partial charge in [-0.25, -0.2) is 0 Å². The predicted octanol–water partition coefficient (Wildman–Crippen LogP) is -0.0527. The van der Waals surface area contributed by atoms with Gasteiger partial charge in [-0.3, -0.25) is 10.2 Å². The Labute approximate surface area is 180 Å². The van der Waals surface area contributed by atoms with Crippen molar-refractivity contribution in [3.8, 4) is 0 Å². The highest BCUT2D eigenvalue weighted by atomic mass is 16.6. The minimum absolute atomic E-state index is 0.170.